The average Bonchev–Trinajstić information content (AvgIpc) is 3.44. The molecule has 3 atom stereocenters. The van der Waals surface area contributed by atoms with Crippen molar-refractivity contribution in [3.8, 4) is 0 Å². The number of halogens is 3. The zero-order valence-corrected chi connectivity index (χ0v) is 23.5. The number of rotatable bonds is 8. The van der Waals surface area contributed by atoms with Gasteiger partial charge in [-0.1, -0.05) is 42.5 Å². The molecule has 3 heterocycles. The lowest BCUT2D eigenvalue weighted by Gasteiger charge is -2.44. The van der Waals surface area contributed by atoms with Crippen molar-refractivity contribution in [3.05, 3.63) is 71.3 Å². The molecule has 2 aromatic rings. The van der Waals surface area contributed by atoms with Crippen molar-refractivity contribution in [1.82, 2.24) is 18.8 Å². The van der Waals surface area contributed by atoms with Crippen LogP contribution in [0.25, 0.3) is 0 Å². The van der Waals surface area contributed by atoms with Gasteiger partial charge < -0.3 is 10.2 Å². The number of nitrogens with zero attached hydrogens (tertiary/aromatic N) is 3. The zero-order valence-electron chi connectivity index (χ0n) is 22.7. The summed E-state index contributed by atoms with van der Waals surface area (Å²) in [5.41, 5.74) is 0.845. The Balaban J connectivity index is 1.17. The van der Waals surface area contributed by atoms with E-state index in [1.807, 2.05) is 30.3 Å². The third-order valence-corrected chi connectivity index (χ3v) is 10.4. The Morgan fingerprint density at radius 1 is 0.878 bits per heavy atom. The summed E-state index contributed by atoms with van der Waals surface area (Å²) in [5, 5.41) is 2.75. The molecule has 0 spiro atoms. The molecule has 0 radical (unpaired) electrons. The van der Waals surface area contributed by atoms with E-state index < -0.39 is 33.9 Å². The Kier molecular flexibility index (Phi) is 8.72. The van der Waals surface area contributed by atoms with E-state index in [2.05, 4.69) is 5.32 Å². The van der Waals surface area contributed by atoms with Crippen molar-refractivity contribution < 1.29 is 31.2 Å². The fourth-order valence-electron chi connectivity index (χ4n) is 5.97. The number of carbonyl (C=O) groups excluding carboxylic acids is 2. The average molecular weight is 593 g/mol. The summed E-state index contributed by atoms with van der Waals surface area (Å²) in [6.07, 6.45) is -0.753. The van der Waals surface area contributed by atoms with Gasteiger partial charge in [0.15, 0.2) is 0 Å². The number of alkyl halides is 3. The SMILES string of the molecule is O=C(NCc1ccc(C(F)(F)F)cc1)[C@H]1CCCN1C(=O)[C@H]1CCCN(S(=O)(=O)N2CC[C@H]2Cc2ccccc2)C1. The van der Waals surface area contributed by atoms with E-state index in [-0.39, 0.29) is 30.9 Å². The third kappa shape index (κ3) is 6.60. The topological polar surface area (TPSA) is 90.0 Å². The van der Waals surface area contributed by atoms with Crippen LogP contribution in [0.3, 0.4) is 0 Å². The molecule has 0 bridgehead atoms. The van der Waals surface area contributed by atoms with Crippen LogP contribution in [0.5, 0.6) is 0 Å². The molecule has 0 saturated carbocycles. The Morgan fingerprint density at radius 3 is 2.24 bits per heavy atom. The highest BCUT2D eigenvalue weighted by Crippen LogP contribution is 2.32. The number of benzene rings is 2. The normalized spacial score (nSPS) is 24.2. The van der Waals surface area contributed by atoms with Crippen LogP contribution in [0, 0.1) is 5.92 Å². The molecule has 8 nitrogen and oxygen atoms in total. The number of hydrogen-bond donors (Lipinski definition) is 1. The van der Waals surface area contributed by atoms with Gasteiger partial charge in [0, 0.05) is 38.8 Å². The lowest BCUT2D eigenvalue weighted by atomic mass is 9.97. The van der Waals surface area contributed by atoms with Crippen LogP contribution >= 0.6 is 0 Å². The maximum atomic E-state index is 13.6. The molecule has 3 aliphatic heterocycles. The molecular weight excluding hydrogens is 557 g/mol. The van der Waals surface area contributed by atoms with Crippen LogP contribution in [0.2, 0.25) is 0 Å². The van der Waals surface area contributed by atoms with Gasteiger partial charge in [-0.3, -0.25) is 9.59 Å². The summed E-state index contributed by atoms with van der Waals surface area (Å²) < 4.78 is 68.5. The predicted molar refractivity (Wildman–Crippen MR) is 146 cm³/mol. The van der Waals surface area contributed by atoms with E-state index in [1.165, 1.54) is 16.4 Å². The number of carbonyl (C=O) groups is 2. The van der Waals surface area contributed by atoms with E-state index in [4.69, 9.17) is 0 Å². The maximum absolute atomic E-state index is 13.6. The summed E-state index contributed by atoms with van der Waals surface area (Å²) >= 11 is 0. The number of nitrogens with one attached hydrogen (secondary N) is 1. The first kappa shape index (κ1) is 29.5. The number of hydrogen-bond acceptors (Lipinski definition) is 4. The van der Waals surface area contributed by atoms with Gasteiger partial charge in [0.1, 0.15) is 6.04 Å². The quantitative estimate of drug-likeness (QED) is 0.508. The third-order valence-electron chi connectivity index (χ3n) is 8.35. The molecule has 1 N–H and O–H groups in total. The molecule has 0 unspecified atom stereocenters. The van der Waals surface area contributed by atoms with E-state index in [9.17, 15) is 31.2 Å². The minimum absolute atomic E-state index is 0.0466. The summed E-state index contributed by atoms with van der Waals surface area (Å²) in [6, 6.07) is 13.6. The number of piperidine rings is 1. The molecule has 3 aliphatic rings. The van der Waals surface area contributed by atoms with E-state index in [0.29, 0.717) is 57.3 Å². The van der Waals surface area contributed by atoms with Crippen molar-refractivity contribution >= 4 is 22.0 Å². The van der Waals surface area contributed by atoms with Crippen LogP contribution in [0.4, 0.5) is 13.2 Å². The second kappa shape index (κ2) is 12.1. The van der Waals surface area contributed by atoms with Crippen LogP contribution in [-0.4, -0.2) is 72.0 Å². The van der Waals surface area contributed by atoms with Gasteiger partial charge in [0.2, 0.25) is 11.8 Å². The van der Waals surface area contributed by atoms with E-state index in [0.717, 1.165) is 24.1 Å². The Labute approximate surface area is 238 Å². The fourth-order valence-corrected chi connectivity index (χ4v) is 7.89. The first-order valence-corrected chi connectivity index (χ1v) is 15.5. The second-order valence-electron chi connectivity index (χ2n) is 11.1. The summed E-state index contributed by atoms with van der Waals surface area (Å²) in [5.74, 6) is -1.11. The summed E-state index contributed by atoms with van der Waals surface area (Å²) in [7, 11) is -3.72. The van der Waals surface area contributed by atoms with Crippen molar-refractivity contribution in [2.45, 2.75) is 63.3 Å². The highest BCUT2D eigenvalue weighted by molar-refractivity contribution is 7.86. The van der Waals surface area contributed by atoms with Gasteiger partial charge in [-0.05, 0) is 61.8 Å². The molecule has 12 heteroatoms. The minimum atomic E-state index is -4.43. The second-order valence-corrected chi connectivity index (χ2v) is 12.9. The smallest absolute Gasteiger partial charge is 0.350 e. The van der Waals surface area contributed by atoms with Crippen molar-refractivity contribution in [2.24, 2.45) is 5.92 Å². The van der Waals surface area contributed by atoms with Crippen LogP contribution in [0.15, 0.2) is 54.6 Å². The minimum Gasteiger partial charge on any atom is -0.350 e. The number of amides is 2. The van der Waals surface area contributed by atoms with Gasteiger partial charge >= 0.3 is 6.18 Å². The zero-order chi connectivity index (χ0) is 29.2. The predicted octanol–water partition coefficient (Wildman–Crippen LogP) is 3.59. The monoisotopic (exact) mass is 592 g/mol. The molecule has 0 aliphatic carbocycles. The molecular formula is C29H35F3N4O4S. The van der Waals surface area contributed by atoms with Gasteiger partial charge in [0.05, 0.1) is 11.5 Å². The van der Waals surface area contributed by atoms with Crippen molar-refractivity contribution in [3.63, 3.8) is 0 Å². The van der Waals surface area contributed by atoms with Gasteiger partial charge in [0.25, 0.3) is 10.2 Å². The van der Waals surface area contributed by atoms with Crippen LogP contribution in [-0.2, 0) is 38.9 Å². The van der Waals surface area contributed by atoms with Crippen LogP contribution in [0.1, 0.15) is 48.8 Å². The molecule has 0 aromatic heterocycles. The molecule has 3 saturated heterocycles. The molecule has 2 amide bonds. The molecule has 3 fully saturated rings. The summed E-state index contributed by atoms with van der Waals surface area (Å²) in [6.45, 7) is 1.36. The molecule has 5 rings (SSSR count). The Bertz CT molecular complexity index is 1340. The fraction of sp³-hybridized carbons (Fsp3) is 0.517. The lowest BCUT2D eigenvalue weighted by molar-refractivity contribution is -0.142. The van der Waals surface area contributed by atoms with Crippen LogP contribution < -0.4 is 5.32 Å². The molecule has 2 aromatic carbocycles. The van der Waals surface area contributed by atoms with E-state index in [1.54, 1.807) is 9.21 Å². The van der Waals surface area contributed by atoms with Crippen molar-refractivity contribution in [1.29, 1.82) is 0 Å². The highest BCUT2D eigenvalue weighted by Gasteiger charge is 2.45. The van der Waals surface area contributed by atoms with Gasteiger partial charge in [-0.15, -0.1) is 0 Å². The van der Waals surface area contributed by atoms with E-state index >= 15 is 0 Å². The van der Waals surface area contributed by atoms with Gasteiger partial charge in [-0.2, -0.15) is 30.2 Å². The summed E-state index contributed by atoms with van der Waals surface area (Å²) in [4.78, 5) is 28.1. The van der Waals surface area contributed by atoms with Crippen molar-refractivity contribution in [2.75, 3.05) is 26.2 Å². The lowest BCUT2D eigenvalue weighted by Crippen LogP contribution is -2.59. The first-order valence-electron chi connectivity index (χ1n) is 14.1. The van der Waals surface area contributed by atoms with Gasteiger partial charge in [-0.25, -0.2) is 0 Å². The Hall–Kier alpha value is -2.96. The largest absolute Gasteiger partial charge is 0.416 e. The molecule has 222 valence electrons. The standard InChI is InChI=1S/C29H35F3N4O4S/c30-29(31,32)24-12-10-22(11-13-24)19-33-27(37)26-9-5-16-35(26)28(38)23-8-4-15-34(20-23)41(39,40)36-17-14-25(36)18-21-6-2-1-3-7-21/h1-3,6-7,10-13,23,25-26H,4-5,8-9,14-20H2,(H,33,37)/t23-,25-,26+/m0/s1. The number of likely N-dealkylation sites (tertiary alicyclic amines) is 1. The highest BCUT2D eigenvalue weighted by atomic mass is 32.2. The Morgan fingerprint density at radius 2 is 1.59 bits per heavy atom. The molecule has 41 heavy (non-hydrogen) atoms. The maximum Gasteiger partial charge on any atom is 0.416 e. The first-order chi connectivity index (χ1) is 19.5.